The fraction of sp³-hybridized carbons (Fsp3) is 0.462. The Bertz CT molecular complexity index is 433. The van der Waals surface area contributed by atoms with E-state index in [0.29, 0.717) is 6.42 Å². The minimum Gasteiger partial charge on any atom is -0.480 e. The molecule has 2 rings (SSSR count). The number of rotatable bonds is 2. The van der Waals surface area contributed by atoms with Gasteiger partial charge in [0.2, 0.25) is 0 Å². The second kappa shape index (κ2) is 5.10. The van der Waals surface area contributed by atoms with E-state index in [1.165, 1.54) is 16.7 Å². The molecule has 1 aliphatic heterocycles. The summed E-state index contributed by atoms with van der Waals surface area (Å²) in [5.74, 6) is 0.141. The van der Waals surface area contributed by atoms with Crippen LogP contribution in [0, 0.1) is 13.8 Å². The van der Waals surface area contributed by atoms with Crippen LogP contribution in [-0.2, 0) is 4.79 Å². The van der Waals surface area contributed by atoms with Gasteiger partial charge in [0.05, 0.1) is 5.37 Å². The molecule has 92 valence electrons. The van der Waals surface area contributed by atoms with Crippen LogP contribution in [0.1, 0.15) is 28.5 Å². The highest BCUT2D eigenvalue weighted by atomic mass is 32.2. The molecule has 0 amide bonds. The molecule has 1 heterocycles. The largest absolute Gasteiger partial charge is 0.480 e. The highest BCUT2D eigenvalue weighted by Gasteiger charge is 2.28. The topological polar surface area (TPSA) is 49.3 Å². The molecule has 0 radical (unpaired) electrons. The summed E-state index contributed by atoms with van der Waals surface area (Å²) in [6.07, 6.45) is 0.696. The number of hydrogen-bond donors (Lipinski definition) is 2. The molecule has 1 saturated heterocycles. The maximum absolute atomic E-state index is 11.0. The van der Waals surface area contributed by atoms with E-state index in [4.69, 9.17) is 5.11 Å². The van der Waals surface area contributed by atoms with Crippen molar-refractivity contribution < 1.29 is 9.90 Å². The summed E-state index contributed by atoms with van der Waals surface area (Å²) in [6, 6.07) is 5.78. The van der Waals surface area contributed by atoms with Gasteiger partial charge in [-0.1, -0.05) is 18.2 Å². The number of aliphatic carboxylic acids is 1. The summed E-state index contributed by atoms with van der Waals surface area (Å²) in [7, 11) is 0. The molecule has 2 N–H and O–H groups in total. The molecule has 1 aromatic rings. The lowest BCUT2D eigenvalue weighted by Gasteiger charge is -2.29. The first-order chi connectivity index (χ1) is 8.09. The van der Waals surface area contributed by atoms with E-state index < -0.39 is 12.0 Å². The maximum Gasteiger partial charge on any atom is 0.320 e. The Balaban J connectivity index is 2.22. The Morgan fingerprint density at radius 1 is 1.47 bits per heavy atom. The fourth-order valence-corrected chi connectivity index (χ4v) is 3.35. The van der Waals surface area contributed by atoms with Crippen LogP contribution in [-0.4, -0.2) is 22.9 Å². The number of carboxylic acid groups (broad SMARTS) is 1. The molecule has 0 saturated carbocycles. The third kappa shape index (κ3) is 2.64. The van der Waals surface area contributed by atoms with Gasteiger partial charge in [-0.3, -0.25) is 10.1 Å². The van der Waals surface area contributed by atoms with Gasteiger partial charge < -0.3 is 5.11 Å². The van der Waals surface area contributed by atoms with Crippen LogP contribution in [0.25, 0.3) is 0 Å². The number of aryl methyl sites for hydroxylation is 1. The average Bonchev–Trinajstić information content (AvgIpc) is 2.33. The summed E-state index contributed by atoms with van der Waals surface area (Å²) in [5, 5.41) is 12.4. The first-order valence-electron chi connectivity index (χ1n) is 5.76. The van der Waals surface area contributed by atoms with Crippen LogP contribution in [0.15, 0.2) is 18.2 Å². The standard InChI is InChI=1S/C13H17NO2S/c1-8-4-3-5-10(9(8)2)12-14-11(13(15)16)6-7-17-12/h3-5,11-12,14H,6-7H2,1-2H3,(H,15,16). The van der Waals surface area contributed by atoms with E-state index in [2.05, 4.69) is 31.3 Å². The van der Waals surface area contributed by atoms with Crippen molar-refractivity contribution in [3.8, 4) is 0 Å². The van der Waals surface area contributed by atoms with Crippen molar-refractivity contribution in [3.63, 3.8) is 0 Å². The van der Waals surface area contributed by atoms with Crippen LogP contribution in [0.5, 0.6) is 0 Å². The van der Waals surface area contributed by atoms with Crippen LogP contribution < -0.4 is 5.32 Å². The number of benzene rings is 1. The summed E-state index contributed by atoms with van der Waals surface area (Å²) in [6.45, 7) is 4.18. The first-order valence-corrected chi connectivity index (χ1v) is 6.81. The van der Waals surface area contributed by atoms with Crippen molar-refractivity contribution in [3.05, 3.63) is 34.9 Å². The van der Waals surface area contributed by atoms with E-state index in [-0.39, 0.29) is 5.37 Å². The third-order valence-corrected chi connectivity index (χ3v) is 4.47. The Morgan fingerprint density at radius 2 is 2.24 bits per heavy atom. The lowest BCUT2D eigenvalue weighted by Crippen LogP contribution is -2.42. The third-order valence-electron chi connectivity index (χ3n) is 3.27. The minimum atomic E-state index is -0.749. The molecule has 1 aromatic carbocycles. The van der Waals surface area contributed by atoms with Crippen LogP contribution in [0.2, 0.25) is 0 Å². The molecule has 0 aromatic heterocycles. The molecule has 1 fully saturated rings. The maximum atomic E-state index is 11.0. The number of hydrogen-bond acceptors (Lipinski definition) is 3. The van der Waals surface area contributed by atoms with E-state index >= 15 is 0 Å². The SMILES string of the molecule is Cc1cccc(C2NC(C(=O)O)CCS2)c1C. The molecule has 17 heavy (non-hydrogen) atoms. The van der Waals surface area contributed by atoms with Crippen molar-refractivity contribution in [2.24, 2.45) is 0 Å². The molecule has 2 atom stereocenters. The molecule has 1 aliphatic rings. The van der Waals surface area contributed by atoms with Crippen LogP contribution in [0.4, 0.5) is 0 Å². The minimum absolute atomic E-state index is 0.102. The van der Waals surface area contributed by atoms with Gasteiger partial charge in [-0.05, 0) is 42.7 Å². The van der Waals surface area contributed by atoms with Gasteiger partial charge in [0.1, 0.15) is 6.04 Å². The lowest BCUT2D eigenvalue weighted by molar-refractivity contribution is -0.139. The quantitative estimate of drug-likeness (QED) is 0.848. The molecule has 3 nitrogen and oxygen atoms in total. The van der Waals surface area contributed by atoms with Crippen molar-refractivity contribution in [2.45, 2.75) is 31.7 Å². The predicted octanol–water partition coefficient (Wildman–Crippen LogP) is 2.48. The Kier molecular flexibility index (Phi) is 3.74. The Morgan fingerprint density at radius 3 is 2.94 bits per heavy atom. The summed E-state index contributed by atoms with van der Waals surface area (Å²) in [4.78, 5) is 11.0. The first kappa shape index (κ1) is 12.5. The van der Waals surface area contributed by atoms with Crippen molar-refractivity contribution in [1.82, 2.24) is 5.32 Å². The smallest absolute Gasteiger partial charge is 0.320 e. The average molecular weight is 251 g/mol. The second-order valence-corrected chi connectivity index (χ2v) is 5.60. The Labute approximate surface area is 106 Å². The molecule has 4 heteroatoms. The monoisotopic (exact) mass is 251 g/mol. The zero-order valence-corrected chi connectivity index (χ0v) is 10.9. The molecular formula is C13H17NO2S. The van der Waals surface area contributed by atoms with Gasteiger partial charge in [0.25, 0.3) is 0 Å². The normalized spacial score (nSPS) is 24.6. The highest BCUT2D eigenvalue weighted by Crippen LogP contribution is 2.34. The zero-order chi connectivity index (χ0) is 12.4. The fourth-order valence-electron chi connectivity index (χ4n) is 2.05. The highest BCUT2D eigenvalue weighted by molar-refractivity contribution is 7.99. The number of carboxylic acids is 1. The van der Waals surface area contributed by atoms with Crippen molar-refractivity contribution in [1.29, 1.82) is 0 Å². The number of thioether (sulfide) groups is 1. The summed E-state index contributed by atoms with van der Waals surface area (Å²) >= 11 is 1.79. The zero-order valence-electron chi connectivity index (χ0n) is 10.1. The van der Waals surface area contributed by atoms with Gasteiger partial charge in [-0.15, -0.1) is 11.8 Å². The predicted molar refractivity (Wildman–Crippen MR) is 70.3 cm³/mol. The van der Waals surface area contributed by atoms with Gasteiger partial charge in [-0.25, -0.2) is 0 Å². The van der Waals surface area contributed by atoms with Gasteiger partial charge in [0.15, 0.2) is 0 Å². The van der Waals surface area contributed by atoms with Crippen LogP contribution in [0.3, 0.4) is 0 Å². The number of nitrogens with one attached hydrogen (secondary N) is 1. The van der Waals surface area contributed by atoms with Crippen LogP contribution >= 0.6 is 11.8 Å². The lowest BCUT2D eigenvalue weighted by atomic mass is 10.0. The number of carbonyl (C=O) groups is 1. The van der Waals surface area contributed by atoms with E-state index in [0.717, 1.165) is 5.75 Å². The van der Waals surface area contributed by atoms with Gasteiger partial charge >= 0.3 is 5.97 Å². The van der Waals surface area contributed by atoms with E-state index in [1.54, 1.807) is 11.8 Å². The van der Waals surface area contributed by atoms with Crippen molar-refractivity contribution in [2.75, 3.05) is 5.75 Å². The van der Waals surface area contributed by atoms with Gasteiger partial charge in [0, 0.05) is 0 Å². The summed E-state index contributed by atoms with van der Waals surface area (Å²) in [5.41, 5.74) is 3.71. The van der Waals surface area contributed by atoms with Crippen molar-refractivity contribution >= 4 is 17.7 Å². The molecule has 2 unspecified atom stereocenters. The van der Waals surface area contributed by atoms with E-state index in [9.17, 15) is 4.79 Å². The summed E-state index contributed by atoms with van der Waals surface area (Å²) < 4.78 is 0. The molecule has 0 bridgehead atoms. The van der Waals surface area contributed by atoms with E-state index in [1.807, 2.05) is 6.07 Å². The molecule has 0 spiro atoms. The second-order valence-electron chi connectivity index (χ2n) is 4.39. The molecule has 0 aliphatic carbocycles. The Hall–Kier alpha value is -1.00. The van der Waals surface area contributed by atoms with Gasteiger partial charge in [-0.2, -0.15) is 0 Å². The molecular weight excluding hydrogens is 234 g/mol.